The fourth-order valence-corrected chi connectivity index (χ4v) is 2.63. The van der Waals surface area contributed by atoms with Crippen LogP contribution in [0.1, 0.15) is 38.8 Å². The summed E-state index contributed by atoms with van der Waals surface area (Å²) < 4.78 is 27.1. The Bertz CT molecular complexity index is 1100. The van der Waals surface area contributed by atoms with Gasteiger partial charge in [-0.1, -0.05) is 24.3 Å². The van der Waals surface area contributed by atoms with Crippen molar-refractivity contribution in [2.45, 2.75) is 12.7 Å². The number of aromatic amines is 1. The van der Waals surface area contributed by atoms with Gasteiger partial charge in [-0.15, -0.1) is 0 Å². The summed E-state index contributed by atoms with van der Waals surface area (Å²) in [5.74, 6) is -1.26. The van der Waals surface area contributed by atoms with Gasteiger partial charge >= 0.3 is 0 Å². The van der Waals surface area contributed by atoms with E-state index in [1.807, 2.05) is 0 Å². The quantitative estimate of drug-likeness (QED) is 0.711. The van der Waals surface area contributed by atoms with Gasteiger partial charge in [-0.25, -0.2) is 8.78 Å². The first-order chi connectivity index (χ1) is 13.5. The molecule has 2 aromatic heterocycles. The summed E-state index contributed by atoms with van der Waals surface area (Å²) in [5, 5.41) is 11.6. The Labute approximate surface area is 158 Å². The van der Waals surface area contributed by atoms with Gasteiger partial charge in [0.15, 0.2) is 0 Å². The molecule has 0 spiro atoms. The molecule has 0 saturated carbocycles. The van der Waals surface area contributed by atoms with Crippen LogP contribution in [0.15, 0.2) is 59.7 Å². The summed E-state index contributed by atoms with van der Waals surface area (Å²) in [4.78, 5) is 30.5. The number of nitrogens with one attached hydrogen (secondary N) is 2. The van der Waals surface area contributed by atoms with Gasteiger partial charge in [-0.2, -0.15) is 5.26 Å². The lowest BCUT2D eigenvalue weighted by molar-refractivity contribution is 0.0941. The summed E-state index contributed by atoms with van der Waals surface area (Å²) in [5.41, 5.74) is 0.100. The van der Waals surface area contributed by atoms with Crippen LogP contribution in [0.25, 0.3) is 0 Å². The van der Waals surface area contributed by atoms with Crippen LogP contribution in [0.5, 0.6) is 0 Å². The van der Waals surface area contributed by atoms with Gasteiger partial charge in [-0.3, -0.25) is 14.6 Å². The maximum atomic E-state index is 14.3. The van der Waals surface area contributed by atoms with E-state index in [1.165, 1.54) is 30.5 Å². The highest BCUT2D eigenvalue weighted by molar-refractivity contribution is 5.94. The zero-order chi connectivity index (χ0) is 20.1. The third-order valence-corrected chi connectivity index (χ3v) is 4.09. The number of amides is 1. The van der Waals surface area contributed by atoms with Crippen molar-refractivity contribution < 1.29 is 13.6 Å². The Hall–Kier alpha value is -3.86. The van der Waals surface area contributed by atoms with E-state index in [4.69, 9.17) is 5.26 Å². The summed E-state index contributed by atoms with van der Waals surface area (Å²) >= 11 is 0. The number of H-pyrrole nitrogens is 1. The summed E-state index contributed by atoms with van der Waals surface area (Å²) in [7, 11) is 0. The van der Waals surface area contributed by atoms with Gasteiger partial charge in [0.25, 0.3) is 11.5 Å². The van der Waals surface area contributed by atoms with Crippen LogP contribution in [0.2, 0.25) is 0 Å². The number of carbonyl (C=O) groups excluding carboxylic acids is 1. The van der Waals surface area contributed by atoms with Gasteiger partial charge < -0.3 is 10.3 Å². The topological polar surface area (TPSA) is 98.6 Å². The van der Waals surface area contributed by atoms with Crippen LogP contribution in [-0.2, 0) is 6.67 Å². The normalized spacial score (nSPS) is 11.5. The Morgan fingerprint density at radius 3 is 2.68 bits per heavy atom. The van der Waals surface area contributed by atoms with Gasteiger partial charge in [0.05, 0.1) is 11.6 Å². The number of alkyl halides is 1. The number of nitrogens with zero attached hydrogens (tertiary/aromatic N) is 2. The van der Waals surface area contributed by atoms with Crippen LogP contribution in [0, 0.1) is 17.1 Å². The first-order valence-electron chi connectivity index (χ1n) is 8.22. The number of pyridine rings is 2. The van der Waals surface area contributed by atoms with E-state index in [2.05, 4.69) is 15.3 Å². The van der Waals surface area contributed by atoms with E-state index in [0.717, 1.165) is 12.3 Å². The molecule has 0 saturated heterocycles. The summed E-state index contributed by atoms with van der Waals surface area (Å²) in [6.07, 6.45) is 2.55. The van der Waals surface area contributed by atoms with Gasteiger partial charge in [0.2, 0.25) is 0 Å². The van der Waals surface area contributed by atoms with Crippen molar-refractivity contribution in [2.24, 2.45) is 0 Å². The molecule has 1 amide bonds. The fourth-order valence-electron chi connectivity index (χ4n) is 2.63. The monoisotopic (exact) mass is 380 g/mol. The highest BCUT2D eigenvalue weighted by Crippen LogP contribution is 2.24. The lowest BCUT2D eigenvalue weighted by Gasteiger charge is -2.19. The largest absolute Gasteiger partial charge is 0.339 e. The molecule has 28 heavy (non-hydrogen) atoms. The highest BCUT2D eigenvalue weighted by Gasteiger charge is 2.22. The first kappa shape index (κ1) is 18.9. The van der Waals surface area contributed by atoms with Gasteiger partial charge in [0, 0.05) is 12.4 Å². The lowest BCUT2D eigenvalue weighted by Crippen LogP contribution is -2.31. The van der Waals surface area contributed by atoms with E-state index in [9.17, 15) is 18.4 Å². The Morgan fingerprint density at radius 2 is 2.04 bits per heavy atom. The van der Waals surface area contributed by atoms with Crippen LogP contribution in [-0.4, -0.2) is 15.9 Å². The highest BCUT2D eigenvalue weighted by atomic mass is 19.1. The Kier molecular flexibility index (Phi) is 5.56. The van der Waals surface area contributed by atoms with E-state index in [1.54, 1.807) is 18.2 Å². The third kappa shape index (κ3) is 3.94. The molecule has 2 heterocycles. The number of halogens is 2. The van der Waals surface area contributed by atoms with Crippen molar-refractivity contribution >= 4 is 5.91 Å². The Balaban J connectivity index is 1.99. The van der Waals surface area contributed by atoms with Gasteiger partial charge in [0.1, 0.15) is 29.8 Å². The van der Waals surface area contributed by atoms with Crippen LogP contribution >= 0.6 is 0 Å². The van der Waals surface area contributed by atoms with Crippen LogP contribution in [0.3, 0.4) is 0 Å². The molecule has 140 valence electrons. The first-order valence-corrected chi connectivity index (χ1v) is 8.22. The molecule has 3 rings (SSSR count). The molecule has 3 aromatic rings. The molecule has 0 aliphatic heterocycles. The lowest BCUT2D eigenvalue weighted by atomic mass is 10.0. The average molecular weight is 380 g/mol. The molecule has 1 aromatic carbocycles. The minimum atomic E-state index is -0.958. The van der Waals surface area contributed by atoms with Crippen molar-refractivity contribution in [2.75, 3.05) is 0 Å². The van der Waals surface area contributed by atoms with Crippen molar-refractivity contribution in [3.8, 4) is 6.07 Å². The van der Waals surface area contributed by atoms with E-state index in [-0.39, 0.29) is 16.8 Å². The molecule has 0 unspecified atom stereocenters. The molecule has 6 nitrogen and oxygen atoms in total. The molecule has 0 bridgehead atoms. The second-order valence-electron chi connectivity index (χ2n) is 5.90. The molecule has 2 N–H and O–H groups in total. The van der Waals surface area contributed by atoms with E-state index >= 15 is 0 Å². The molecule has 1 atom stereocenters. The molecule has 0 fully saturated rings. The molecular weight excluding hydrogens is 366 g/mol. The van der Waals surface area contributed by atoms with Crippen molar-refractivity contribution in [1.29, 1.82) is 5.26 Å². The van der Waals surface area contributed by atoms with Crippen LogP contribution in [0.4, 0.5) is 8.78 Å². The number of benzene rings is 1. The maximum absolute atomic E-state index is 14.3. The zero-order valence-corrected chi connectivity index (χ0v) is 14.4. The third-order valence-electron chi connectivity index (χ3n) is 4.09. The average Bonchev–Trinajstić information content (AvgIpc) is 2.73. The fraction of sp³-hybridized carbons (Fsp3) is 0.100. The van der Waals surface area contributed by atoms with Gasteiger partial charge in [-0.05, 0) is 29.3 Å². The predicted octanol–water partition coefficient (Wildman–Crippen LogP) is 2.77. The minimum Gasteiger partial charge on any atom is -0.339 e. The molecule has 0 radical (unpaired) electrons. The standard InChI is InChI=1S/C20H14F2N4O2/c21-9-12-3-5-13(6-4-12)17(18-16(22)2-1-7-24-18)26-20(28)15-8-14(10-23)19(27)25-11-15/h1-8,11,17H,9H2,(H,25,27)(H,26,28)/t17-/m0/s1. The van der Waals surface area contributed by atoms with Crippen molar-refractivity contribution in [3.05, 3.63) is 99.0 Å². The SMILES string of the molecule is N#Cc1cc(C(=O)N[C@@H](c2ccc(CF)cc2)c2ncccc2F)c[nH]c1=O. The van der Waals surface area contributed by atoms with Crippen molar-refractivity contribution in [1.82, 2.24) is 15.3 Å². The smallest absolute Gasteiger partial charge is 0.265 e. The van der Waals surface area contributed by atoms with E-state index < -0.39 is 30.0 Å². The number of rotatable bonds is 5. The second kappa shape index (κ2) is 8.22. The summed E-state index contributed by atoms with van der Waals surface area (Å²) in [6, 6.07) is 10.7. The summed E-state index contributed by atoms with van der Waals surface area (Å²) in [6.45, 7) is -0.649. The molecule has 0 aliphatic carbocycles. The van der Waals surface area contributed by atoms with Crippen molar-refractivity contribution in [3.63, 3.8) is 0 Å². The molecule has 8 heteroatoms. The Morgan fingerprint density at radius 1 is 1.29 bits per heavy atom. The molecule has 0 aliphatic rings. The minimum absolute atomic E-state index is 0.0196. The molecular formula is C20H14F2N4O2. The van der Waals surface area contributed by atoms with E-state index in [0.29, 0.717) is 11.1 Å². The predicted molar refractivity (Wildman–Crippen MR) is 96.5 cm³/mol. The number of carbonyl (C=O) groups is 1. The second-order valence-corrected chi connectivity index (χ2v) is 5.90. The number of nitriles is 1. The number of aromatic nitrogens is 2. The maximum Gasteiger partial charge on any atom is 0.265 e. The zero-order valence-electron chi connectivity index (χ0n) is 14.4. The number of hydrogen-bond acceptors (Lipinski definition) is 4. The van der Waals surface area contributed by atoms with Crippen LogP contribution < -0.4 is 10.9 Å². The number of hydrogen-bond donors (Lipinski definition) is 2.